The van der Waals surface area contributed by atoms with E-state index in [9.17, 15) is 0 Å². The molecular formula is C37H23N3S. The SMILES string of the molecule is c1ccc(-c2ccc(-n3c4c(ccc5c4ccn5-c4ccccc4)c4ccc5c6ccccc6sc5c43)nc2)cc1. The van der Waals surface area contributed by atoms with E-state index in [1.807, 2.05) is 23.6 Å². The average molecular weight is 542 g/mol. The Balaban J connectivity index is 1.41. The zero-order valence-electron chi connectivity index (χ0n) is 22.0. The molecule has 0 saturated heterocycles. The topological polar surface area (TPSA) is 22.8 Å². The highest BCUT2D eigenvalue weighted by Gasteiger charge is 2.21. The smallest absolute Gasteiger partial charge is 0.137 e. The van der Waals surface area contributed by atoms with Gasteiger partial charge in [0.05, 0.1) is 21.3 Å². The number of rotatable bonds is 3. The van der Waals surface area contributed by atoms with Gasteiger partial charge in [0.25, 0.3) is 0 Å². The maximum Gasteiger partial charge on any atom is 0.137 e. The van der Waals surface area contributed by atoms with Crippen molar-refractivity contribution >= 4 is 64.2 Å². The first-order valence-corrected chi connectivity index (χ1v) is 14.6. The summed E-state index contributed by atoms with van der Waals surface area (Å²) in [6, 6.07) is 45.5. The van der Waals surface area contributed by atoms with Gasteiger partial charge in [0, 0.05) is 55.3 Å². The van der Waals surface area contributed by atoms with Crippen molar-refractivity contribution < 1.29 is 0 Å². The van der Waals surface area contributed by atoms with Crippen molar-refractivity contribution in [3.63, 3.8) is 0 Å². The van der Waals surface area contributed by atoms with Gasteiger partial charge in [-0.15, -0.1) is 11.3 Å². The Kier molecular flexibility index (Phi) is 4.77. The fourth-order valence-electron chi connectivity index (χ4n) is 6.35. The van der Waals surface area contributed by atoms with Gasteiger partial charge in [-0.25, -0.2) is 4.98 Å². The van der Waals surface area contributed by atoms with Crippen molar-refractivity contribution in [3.8, 4) is 22.6 Å². The highest BCUT2D eigenvalue weighted by atomic mass is 32.1. The first-order valence-electron chi connectivity index (χ1n) is 13.8. The number of hydrogen-bond donors (Lipinski definition) is 0. The first kappa shape index (κ1) is 22.6. The summed E-state index contributed by atoms with van der Waals surface area (Å²) in [6.07, 6.45) is 4.19. The number of fused-ring (bicyclic) bond motifs is 9. The number of pyridine rings is 1. The highest BCUT2D eigenvalue weighted by Crippen LogP contribution is 2.44. The van der Waals surface area contributed by atoms with Gasteiger partial charge in [-0.1, -0.05) is 84.9 Å². The zero-order chi connectivity index (χ0) is 26.9. The molecule has 0 saturated carbocycles. The van der Waals surface area contributed by atoms with E-state index < -0.39 is 0 Å². The number of nitrogens with zero attached hydrogens (tertiary/aromatic N) is 3. The van der Waals surface area contributed by atoms with Crippen LogP contribution in [0.4, 0.5) is 0 Å². The van der Waals surface area contributed by atoms with Crippen LogP contribution in [-0.2, 0) is 0 Å². The maximum absolute atomic E-state index is 5.09. The Morgan fingerprint density at radius 3 is 2.07 bits per heavy atom. The van der Waals surface area contributed by atoms with Crippen LogP contribution in [0.2, 0.25) is 0 Å². The van der Waals surface area contributed by atoms with Crippen molar-refractivity contribution in [2.24, 2.45) is 0 Å². The van der Waals surface area contributed by atoms with E-state index in [0.29, 0.717) is 0 Å². The molecule has 0 radical (unpaired) electrons. The molecule has 4 aromatic heterocycles. The molecule has 4 heterocycles. The van der Waals surface area contributed by atoms with Gasteiger partial charge in [0.2, 0.25) is 0 Å². The minimum Gasteiger partial charge on any atom is -0.316 e. The normalized spacial score (nSPS) is 11.9. The molecule has 0 unspecified atom stereocenters. The number of aromatic nitrogens is 3. The molecule has 4 heteroatoms. The van der Waals surface area contributed by atoms with Crippen LogP contribution in [-0.4, -0.2) is 14.1 Å². The lowest BCUT2D eigenvalue weighted by Crippen LogP contribution is -1.98. The second kappa shape index (κ2) is 8.65. The summed E-state index contributed by atoms with van der Waals surface area (Å²) in [5.41, 5.74) is 7.03. The predicted molar refractivity (Wildman–Crippen MR) is 174 cm³/mol. The third-order valence-electron chi connectivity index (χ3n) is 8.22. The Labute approximate surface area is 240 Å². The number of para-hydroxylation sites is 1. The fourth-order valence-corrected chi connectivity index (χ4v) is 7.59. The maximum atomic E-state index is 5.09. The largest absolute Gasteiger partial charge is 0.316 e. The average Bonchev–Trinajstić information content (AvgIpc) is 3.73. The Hall–Kier alpha value is -5.19. The van der Waals surface area contributed by atoms with E-state index in [4.69, 9.17) is 4.98 Å². The summed E-state index contributed by atoms with van der Waals surface area (Å²) in [5, 5.41) is 6.31. The van der Waals surface area contributed by atoms with E-state index >= 15 is 0 Å². The molecule has 5 aromatic carbocycles. The van der Waals surface area contributed by atoms with Crippen molar-refractivity contribution in [2.45, 2.75) is 0 Å². The number of benzene rings is 5. The summed E-state index contributed by atoms with van der Waals surface area (Å²) in [6.45, 7) is 0. The summed E-state index contributed by atoms with van der Waals surface area (Å²) < 4.78 is 7.27. The predicted octanol–water partition coefficient (Wildman–Crippen LogP) is 10.2. The lowest BCUT2D eigenvalue weighted by atomic mass is 10.1. The van der Waals surface area contributed by atoms with Crippen LogP contribution >= 0.6 is 11.3 Å². The van der Waals surface area contributed by atoms with Crippen LogP contribution in [0.3, 0.4) is 0 Å². The van der Waals surface area contributed by atoms with Crippen LogP contribution < -0.4 is 0 Å². The van der Waals surface area contributed by atoms with Crippen molar-refractivity contribution in [2.75, 3.05) is 0 Å². The van der Waals surface area contributed by atoms with E-state index in [1.165, 1.54) is 58.4 Å². The van der Waals surface area contributed by atoms with Crippen LogP contribution in [0.5, 0.6) is 0 Å². The van der Waals surface area contributed by atoms with Crippen molar-refractivity contribution in [1.82, 2.24) is 14.1 Å². The van der Waals surface area contributed by atoms with E-state index in [1.54, 1.807) is 0 Å². The molecule has 41 heavy (non-hydrogen) atoms. The molecule has 192 valence electrons. The first-order chi connectivity index (χ1) is 20.3. The third-order valence-corrected chi connectivity index (χ3v) is 9.41. The molecule has 0 N–H and O–H groups in total. The molecule has 0 spiro atoms. The molecule has 0 amide bonds. The lowest BCUT2D eigenvalue weighted by Gasteiger charge is -2.10. The molecule has 9 rings (SSSR count). The Morgan fingerprint density at radius 1 is 0.512 bits per heavy atom. The van der Waals surface area contributed by atoms with Crippen LogP contribution in [0, 0.1) is 0 Å². The summed E-state index contributed by atoms with van der Waals surface area (Å²) in [5.74, 6) is 0.926. The fraction of sp³-hybridized carbons (Fsp3) is 0. The van der Waals surface area contributed by atoms with Gasteiger partial charge >= 0.3 is 0 Å². The van der Waals surface area contributed by atoms with Gasteiger partial charge in [-0.3, -0.25) is 4.57 Å². The van der Waals surface area contributed by atoms with Crippen LogP contribution in [0.15, 0.2) is 140 Å². The molecule has 0 atom stereocenters. The van der Waals surface area contributed by atoms with Gasteiger partial charge in [-0.2, -0.15) is 0 Å². The number of thiophene rings is 1. The molecule has 0 aliphatic carbocycles. The van der Waals surface area contributed by atoms with Crippen LogP contribution in [0.25, 0.3) is 75.5 Å². The Morgan fingerprint density at radius 2 is 1.24 bits per heavy atom. The van der Waals surface area contributed by atoms with E-state index in [-0.39, 0.29) is 0 Å². The lowest BCUT2D eigenvalue weighted by molar-refractivity contribution is 1.09. The Bertz CT molecular complexity index is 2390. The molecule has 0 aliphatic rings. The zero-order valence-corrected chi connectivity index (χ0v) is 22.8. The summed E-state index contributed by atoms with van der Waals surface area (Å²) in [4.78, 5) is 5.09. The molecular weight excluding hydrogens is 518 g/mol. The molecule has 0 fully saturated rings. The monoisotopic (exact) mass is 541 g/mol. The molecule has 9 aromatic rings. The molecule has 0 bridgehead atoms. The standard InChI is InChI=1S/C37H23N3S/c1-3-9-24(10-4-1)25-15-20-34(38-23-25)40-35-28(18-19-32-31(35)21-22-39(32)26-11-5-2-6-12-26)29-16-17-30-27-13-7-8-14-33(27)41-37(30)36(29)40/h1-23H. The molecule has 0 aliphatic heterocycles. The van der Waals surface area contributed by atoms with E-state index in [2.05, 4.69) is 137 Å². The second-order valence-electron chi connectivity index (χ2n) is 10.5. The van der Waals surface area contributed by atoms with Crippen LogP contribution in [0.1, 0.15) is 0 Å². The van der Waals surface area contributed by atoms with Crippen molar-refractivity contribution in [1.29, 1.82) is 0 Å². The minimum atomic E-state index is 0.926. The quantitative estimate of drug-likeness (QED) is 0.218. The number of hydrogen-bond acceptors (Lipinski definition) is 2. The van der Waals surface area contributed by atoms with Gasteiger partial charge < -0.3 is 4.57 Å². The minimum absolute atomic E-state index is 0.926. The second-order valence-corrected chi connectivity index (χ2v) is 11.5. The summed E-state index contributed by atoms with van der Waals surface area (Å²) >= 11 is 1.87. The third kappa shape index (κ3) is 3.28. The van der Waals surface area contributed by atoms with Crippen molar-refractivity contribution in [3.05, 3.63) is 140 Å². The van der Waals surface area contributed by atoms with Gasteiger partial charge in [0.1, 0.15) is 5.82 Å². The molecule has 3 nitrogen and oxygen atoms in total. The van der Waals surface area contributed by atoms with Gasteiger partial charge in [-0.05, 0) is 48.0 Å². The summed E-state index contributed by atoms with van der Waals surface area (Å²) in [7, 11) is 0. The van der Waals surface area contributed by atoms with Gasteiger partial charge in [0.15, 0.2) is 0 Å². The van der Waals surface area contributed by atoms with E-state index in [0.717, 1.165) is 17.1 Å². The highest BCUT2D eigenvalue weighted by molar-refractivity contribution is 7.26.